The lowest BCUT2D eigenvalue weighted by molar-refractivity contribution is -0.168. The number of hydroxylamine groups is 2. The molecule has 0 aliphatic carbocycles. The number of unbranched alkanes of at least 4 members (excludes halogenated alkanes) is 2. The Morgan fingerprint density at radius 1 is 1.15 bits per heavy atom. The van der Waals surface area contributed by atoms with E-state index in [1.54, 1.807) is 19.9 Å². The Kier molecular flexibility index (Phi) is 12.7. The molecule has 0 fully saturated rings. The van der Waals surface area contributed by atoms with Gasteiger partial charge in [-0.1, -0.05) is 33.1 Å². The number of hydrogen-bond acceptors (Lipinski definition) is 8. The van der Waals surface area contributed by atoms with Crippen molar-refractivity contribution in [3.63, 3.8) is 0 Å². The molecule has 1 unspecified atom stereocenters. The second-order valence-electron chi connectivity index (χ2n) is 8.80. The Morgan fingerprint density at radius 3 is 2.51 bits per heavy atom. The summed E-state index contributed by atoms with van der Waals surface area (Å²) in [6, 6.07) is 6.70. The van der Waals surface area contributed by atoms with Crippen LogP contribution in [-0.2, 0) is 18.7 Å². The van der Waals surface area contributed by atoms with E-state index in [-0.39, 0.29) is 29.9 Å². The molecule has 3 atom stereocenters. The topological polar surface area (TPSA) is 168 Å². The molecule has 0 bridgehead atoms. The first-order chi connectivity index (χ1) is 18.6. The van der Waals surface area contributed by atoms with E-state index < -0.39 is 31.4 Å². The fraction of sp³-hybridized carbons (Fsp3) is 0.500. The molecule has 2 rings (SSSR count). The highest BCUT2D eigenvalue weighted by atomic mass is 31.2. The fourth-order valence-corrected chi connectivity index (χ4v) is 4.94. The molecule has 1 aromatic heterocycles. The number of ether oxygens (including phenoxy) is 1. The van der Waals surface area contributed by atoms with Gasteiger partial charge in [0.15, 0.2) is 5.76 Å². The lowest BCUT2D eigenvalue weighted by Crippen LogP contribution is -2.47. The fourth-order valence-electron chi connectivity index (χ4n) is 4.14. The molecule has 1 aromatic carbocycles. The number of furan rings is 1. The molecule has 13 heteroatoms. The maximum absolute atomic E-state index is 12.9. The molecule has 3 amide bonds. The predicted molar refractivity (Wildman–Crippen MR) is 144 cm³/mol. The van der Waals surface area contributed by atoms with Crippen molar-refractivity contribution in [2.75, 3.05) is 20.4 Å². The zero-order valence-electron chi connectivity index (χ0n) is 22.7. The third-order valence-electron chi connectivity index (χ3n) is 6.19. The van der Waals surface area contributed by atoms with Gasteiger partial charge in [0.2, 0.25) is 12.3 Å². The molecule has 2 aromatic rings. The van der Waals surface area contributed by atoms with Gasteiger partial charge in [-0.2, -0.15) is 0 Å². The summed E-state index contributed by atoms with van der Waals surface area (Å²) in [5.74, 6) is -1.11. The number of carbonyl (C=O) groups is 3. The number of nitrogens with one attached hydrogen (secondary N) is 2. The SMILES string of the molecule is CCCCC[C@@H](C(=O)NCNC(=O)c1ccc(-c2cc(OCC)cc(P(=O)(O)OC)c2)o1)[C@@H](CC)N(O)C=O. The molecule has 0 aliphatic heterocycles. The van der Waals surface area contributed by atoms with E-state index in [1.807, 2.05) is 6.92 Å². The highest BCUT2D eigenvalue weighted by molar-refractivity contribution is 7.61. The van der Waals surface area contributed by atoms with Gasteiger partial charge in [-0.25, -0.2) is 5.06 Å². The number of benzene rings is 1. The molecule has 0 radical (unpaired) electrons. The minimum Gasteiger partial charge on any atom is -0.494 e. The normalized spacial score (nSPS) is 14.1. The summed E-state index contributed by atoms with van der Waals surface area (Å²) < 4.78 is 28.3. The van der Waals surface area contributed by atoms with Crippen LogP contribution >= 0.6 is 7.60 Å². The minimum absolute atomic E-state index is 0.00552. The Labute approximate surface area is 228 Å². The molecule has 4 N–H and O–H groups in total. The van der Waals surface area contributed by atoms with Crippen LogP contribution < -0.4 is 20.7 Å². The van der Waals surface area contributed by atoms with Crippen molar-refractivity contribution in [3.8, 4) is 17.1 Å². The zero-order chi connectivity index (χ0) is 29.0. The van der Waals surface area contributed by atoms with Crippen LogP contribution in [0, 0.1) is 5.92 Å². The summed E-state index contributed by atoms with van der Waals surface area (Å²) in [7, 11) is -2.95. The van der Waals surface area contributed by atoms with E-state index in [0.717, 1.165) is 26.4 Å². The van der Waals surface area contributed by atoms with Crippen LogP contribution in [0.4, 0.5) is 0 Å². The first kappa shape index (κ1) is 32.0. The van der Waals surface area contributed by atoms with Gasteiger partial charge < -0.3 is 29.2 Å². The molecule has 0 spiro atoms. The average molecular weight is 568 g/mol. The Morgan fingerprint density at radius 2 is 1.90 bits per heavy atom. The van der Waals surface area contributed by atoms with Crippen molar-refractivity contribution in [3.05, 3.63) is 36.1 Å². The van der Waals surface area contributed by atoms with Gasteiger partial charge in [0.25, 0.3) is 5.91 Å². The van der Waals surface area contributed by atoms with Gasteiger partial charge in [0, 0.05) is 12.7 Å². The summed E-state index contributed by atoms with van der Waals surface area (Å²) in [5.41, 5.74) is 0.402. The lowest BCUT2D eigenvalue weighted by atomic mass is 9.90. The first-order valence-corrected chi connectivity index (χ1v) is 14.4. The number of carbonyl (C=O) groups excluding carboxylic acids is 3. The van der Waals surface area contributed by atoms with Gasteiger partial charge in [-0.3, -0.25) is 24.2 Å². The van der Waals surface area contributed by atoms with E-state index in [9.17, 15) is 29.0 Å². The van der Waals surface area contributed by atoms with E-state index in [4.69, 9.17) is 13.7 Å². The van der Waals surface area contributed by atoms with E-state index in [2.05, 4.69) is 10.6 Å². The second-order valence-corrected chi connectivity index (χ2v) is 10.7. The molecule has 12 nitrogen and oxygen atoms in total. The monoisotopic (exact) mass is 567 g/mol. The molecule has 0 aliphatic rings. The quantitative estimate of drug-likeness (QED) is 0.0559. The van der Waals surface area contributed by atoms with Crippen molar-refractivity contribution in [2.24, 2.45) is 5.92 Å². The standard InChI is InChI=1S/C26H38N3O9P/c1-5-8-9-10-21(22(6-2)29(33)17-30)25(31)27-16-28-26(32)24-12-11-23(38-24)18-13-19(37-7-3)15-20(14-18)39(34,35)36-4/h11-15,17,21-22,33H,5-10,16H2,1-4H3,(H,27,31)(H,28,32)(H,34,35)/t21-,22-/m1/s1. The lowest BCUT2D eigenvalue weighted by Gasteiger charge is -2.29. The van der Waals surface area contributed by atoms with Crippen LogP contribution in [0.5, 0.6) is 5.75 Å². The number of hydrogen-bond donors (Lipinski definition) is 4. The Hall–Kier alpha value is -3.18. The summed E-state index contributed by atoms with van der Waals surface area (Å²) in [5, 5.41) is 15.7. The number of rotatable bonds is 17. The summed E-state index contributed by atoms with van der Waals surface area (Å²) in [4.78, 5) is 46.7. The Bertz CT molecular complexity index is 1150. The first-order valence-electron chi connectivity index (χ1n) is 12.9. The molecule has 1 heterocycles. The summed E-state index contributed by atoms with van der Waals surface area (Å²) >= 11 is 0. The second kappa shape index (κ2) is 15.4. The van der Waals surface area contributed by atoms with Crippen LogP contribution in [0.1, 0.15) is 63.4 Å². The van der Waals surface area contributed by atoms with Crippen LogP contribution in [-0.4, -0.2) is 59.8 Å². The molecular weight excluding hydrogens is 529 g/mol. The molecular formula is C26H38N3O9P. The van der Waals surface area contributed by atoms with Gasteiger partial charge in [-0.05, 0) is 50.1 Å². The van der Waals surface area contributed by atoms with Crippen molar-refractivity contribution in [1.29, 1.82) is 0 Å². The average Bonchev–Trinajstić information content (AvgIpc) is 3.43. The van der Waals surface area contributed by atoms with Crippen molar-refractivity contribution in [1.82, 2.24) is 15.7 Å². The van der Waals surface area contributed by atoms with Crippen LogP contribution in [0.25, 0.3) is 11.3 Å². The molecule has 216 valence electrons. The van der Waals surface area contributed by atoms with Gasteiger partial charge in [-0.15, -0.1) is 0 Å². The smallest absolute Gasteiger partial charge is 0.358 e. The summed E-state index contributed by atoms with van der Waals surface area (Å²) in [6.07, 6.45) is 3.74. The number of nitrogens with zero attached hydrogens (tertiary/aromatic N) is 1. The van der Waals surface area contributed by atoms with Gasteiger partial charge >= 0.3 is 7.60 Å². The molecule has 39 heavy (non-hydrogen) atoms. The van der Waals surface area contributed by atoms with E-state index in [1.165, 1.54) is 24.3 Å². The third-order valence-corrected chi connectivity index (χ3v) is 7.59. The minimum atomic E-state index is -4.08. The maximum atomic E-state index is 12.9. The van der Waals surface area contributed by atoms with E-state index in [0.29, 0.717) is 35.8 Å². The van der Waals surface area contributed by atoms with Crippen molar-refractivity contribution >= 4 is 31.1 Å². The largest absolute Gasteiger partial charge is 0.494 e. The van der Waals surface area contributed by atoms with Gasteiger partial charge in [0.1, 0.15) is 11.5 Å². The van der Waals surface area contributed by atoms with Crippen LogP contribution in [0.2, 0.25) is 0 Å². The van der Waals surface area contributed by atoms with Crippen molar-refractivity contribution < 1.29 is 42.7 Å². The van der Waals surface area contributed by atoms with Gasteiger partial charge in [0.05, 0.1) is 30.5 Å². The highest BCUT2D eigenvalue weighted by Gasteiger charge is 2.30. The highest BCUT2D eigenvalue weighted by Crippen LogP contribution is 2.41. The third kappa shape index (κ3) is 8.93. The zero-order valence-corrected chi connectivity index (χ0v) is 23.6. The van der Waals surface area contributed by atoms with Crippen LogP contribution in [0.15, 0.2) is 34.7 Å². The molecule has 0 saturated carbocycles. The number of amides is 3. The van der Waals surface area contributed by atoms with Crippen LogP contribution in [0.3, 0.4) is 0 Å². The Balaban J connectivity index is 2.11. The summed E-state index contributed by atoms with van der Waals surface area (Å²) in [6.45, 7) is 5.70. The van der Waals surface area contributed by atoms with Crippen molar-refractivity contribution in [2.45, 2.75) is 58.9 Å². The van der Waals surface area contributed by atoms with E-state index >= 15 is 0 Å². The predicted octanol–water partition coefficient (Wildman–Crippen LogP) is 3.43. The molecule has 0 saturated heterocycles. The maximum Gasteiger partial charge on any atom is 0.358 e.